The van der Waals surface area contributed by atoms with Gasteiger partial charge in [-0.05, 0) is 44.2 Å². The van der Waals surface area contributed by atoms with Gasteiger partial charge in [0.25, 0.3) is 0 Å². The number of hydrogen-bond acceptors (Lipinski definition) is 7. The summed E-state index contributed by atoms with van der Waals surface area (Å²) in [5.74, 6) is 1.37. The summed E-state index contributed by atoms with van der Waals surface area (Å²) in [7, 11) is 1.53. The second-order valence-corrected chi connectivity index (χ2v) is 10.3. The Morgan fingerprint density at radius 2 is 1.61 bits per heavy atom. The number of anilines is 3. The molecule has 0 aliphatic heterocycles. The zero-order valence-electron chi connectivity index (χ0n) is 25.6. The number of carbonyl (C=O) groups is 3. The largest absolute Gasteiger partial charge is 0.457 e. The molecule has 0 bridgehead atoms. The van der Waals surface area contributed by atoms with Crippen LogP contribution in [0.25, 0.3) is 16.5 Å². The smallest absolute Gasteiger partial charge is 0.324 e. The number of fused-ring (bicyclic) bond motifs is 1. The predicted molar refractivity (Wildman–Crippen MR) is 176 cm³/mol. The van der Waals surface area contributed by atoms with Gasteiger partial charge in [-0.3, -0.25) is 15.4 Å². The highest BCUT2D eigenvalue weighted by Crippen LogP contribution is 2.35. The molecule has 0 saturated carbocycles. The minimum atomic E-state index is -0.595. The maximum absolute atomic E-state index is 13.1. The second-order valence-electron chi connectivity index (χ2n) is 10.3. The quantitative estimate of drug-likeness (QED) is 0.124. The van der Waals surface area contributed by atoms with Gasteiger partial charge in [-0.25, -0.2) is 19.3 Å². The van der Waals surface area contributed by atoms with Crippen LogP contribution in [-0.4, -0.2) is 59.5 Å². The lowest BCUT2D eigenvalue weighted by molar-refractivity contribution is -0.120. The van der Waals surface area contributed by atoms with Gasteiger partial charge < -0.3 is 25.4 Å². The van der Waals surface area contributed by atoms with Crippen LogP contribution >= 0.6 is 0 Å². The Labute approximate surface area is 265 Å². The molecule has 0 spiro atoms. The van der Waals surface area contributed by atoms with Crippen molar-refractivity contribution >= 4 is 46.1 Å². The van der Waals surface area contributed by atoms with Crippen LogP contribution < -0.4 is 31.3 Å². The van der Waals surface area contributed by atoms with E-state index in [0.717, 1.165) is 27.7 Å². The first-order valence-corrected chi connectivity index (χ1v) is 14.5. The van der Waals surface area contributed by atoms with Gasteiger partial charge in [0.05, 0.1) is 30.2 Å². The minimum Gasteiger partial charge on any atom is -0.457 e. The van der Waals surface area contributed by atoms with E-state index in [-0.39, 0.29) is 18.3 Å². The van der Waals surface area contributed by atoms with Crippen LogP contribution in [0.5, 0.6) is 11.5 Å². The molecule has 5 N–H and O–H groups in total. The lowest BCUT2D eigenvalue weighted by Crippen LogP contribution is -2.39. The SMILES string of the molecule is COCCNC(=O)CNC(=O)Nc1cc(Oc2ccc(NC(=O)Nc3cc(C)nn3-c3ccc(C)cc3)c3ccccc23)ccn1. The van der Waals surface area contributed by atoms with Crippen molar-refractivity contribution in [3.63, 3.8) is 0 Å². The first-order valence-electron chi connectivity index (χ1n) is 14.5. The first-order chi connectivity index (χ1) is 22.3. The molecule has 0 aliphatic carbocycles. The molecule has 46 heavy (non-hydrogen) atoms. The highest BCUT2D eigenvalue weighted by atomic mass is 16.5. The summed E-state index contributed by atoms with van der Waals surface area (Å²) in [6.45, 7) is 4.39. The third-order valence-electron chi connectivity index (χ3n) is 6.72. The van der Waals surface area contributed by atoms with E-state index in [9.17, 15) is 14.4 Å². The maximum Gasteiger partial charge on any atom is 0.324 e. The molecule has 2 aromatic heterocycles. The molecule has 0 aliphatic rings. The molecule has 5 amide bonds. The number of rotatable bonds is 11. The lowest BCUT2D eigenvalue weighted by Gasteiger charge is -2.15. The molecule has 5 aromatic rings. The van der Waals surface area contributed by atoms with E-state index in [2.05, 4.69) is 36.7 Å². The van der Waals surface area contributed by atoms with Crippen molar-refractivity contribution in [2.24, 2.45) is 0 Å². The van der Waals surface area contributed by atoms with E-state index in [0.29, 0.717) is 36.2 Å². The summed E-state index contributed by atoms with van der Waals surface area (Å²) in [5, 5.41) is 19.6. The number of aromatic nitrogens is 3. The van der Waals surface area contributed by atoms with Crippen LogP contribution in [0.1, 0.15) is 11.3 Å². The zero-order chi connectivity index (χ0) is 32.5. The van der Waals surface area contributed by atoms with E-state index in [1.165, 1.54) is 13.3 Å². The maximum atomic E-state index is 13.1. The van der Waals surface area contributed by atoms with Crippen molar-refractivity contribution < 1.29 is 23.9 Å². The van der Waals surface area contributed by atoms with Crippen molar-refractivity contribution in [2.45, 2.75) is 13.8 Å². The van der Waals surface area contributed by atoms with Gasteiger partial charge in [0.2, 0.25) is 5.91 Å². The van der Waals surface area contributed by atoms with E-state index < -0.39 is 12.1 Å². The van der Waals surface area contributed by atoms with Crippen LogP contribution in [0.3, 0.4) is 0 Å². The van der Waals surface area contributed by atoms with Gasteiger partial charge in [-0.15, -0.1) is 0 Å². The summed E-state index contributed by atoms with van der Waals surface area (Å²) in [5.41, 5.74) is 3.30. The van der Waals surface area contributed by atoms with Crippen LogP contribution in [0.2, 0.25) is 0 Å². The van der Waals surface area contributed by atoms with Gasteiger partial charge in [0.15, 0.2) is 0 Å². The second kappa shape index (κ2) is 14.7. The van der Waals surface area contributed by atoms with E-state index in [4.69, 9.17) is 9.47 Å². The summed E-state index contributed by atoms with van der Waals surface area (Å²) in [4.78, 5) is 41.4. The van der Waals surface area contributed by atoms with Gasteiger partial charge in [0, 0.05) is 42.8 Å². The molecule has 2 heterocycles. The summed E-state index contributed by atoms with van der Waals surface area (Å²) < 4.78 is 12.7. The average molecular weight is 623 g/mol. The predicted octanol–water partition coefficient (Wildman–Crippen LogP) is 5.36. The zero-order valence-corrected chi connectivity index (χ0v) is 25.6. The van der Waals surface area contributed by atoms with Gasteiger partial charge in [-0.2, -0.15) is 5.10 Å². The van der Waals surface area contributed by atoms with E-state index >= 15 is 0 Å². The number of hydrogen-bond donors (Lipinski definition) is 5. The third-order valence-corrected chi connectivity index (χ3v) is 6.72. The number of ether oxygens (including phenoxy) is 2. The fraction of sp³-hybridized carbons (Fsp3) is 0.182. The Morgan fingerprint density at radius 3 is 2.39 bits per heavy atom. The van der Waals surface area contributed by atoms with Gasteiger partial charge >= 0.3 is 12.1 Å². The number of pyridine rings is 1. The fourth-order valence-electron chi connectivity index (χ4n) is 4.56. The summed E-state index contributed by atoms with van der Waals surface area (Å²) in [6.07, 6.45) is 1.49. The first kappa shape index (κ1) is 31.5. The molecule has 5 rings (SSSR count). The summed E-state index contributed by atoms with van der Waals surface area (Å²) >= 11 is 0. The van der Waals surface area contributed by atoms with Crippen LogP contribution in [-0.2, 0) is 9.53 Å². The Kier molecular flexibility index (Phi) is 10.0. The number of carbonyl (C=O) groups excluding carboxylic acids is 3. The molecular weight excluding hydrogens is 588 g/mol. The molecule has 13 nitrogen and oxygen atoms in total. The molecule has 0 fully saturated rings. The molecule has 13 heteroatoms. The van der Waals surface area contributed by atoms with Crippen LogP contribution in [0, 0.1) is 13.8 Å². The fourth-order valence-corrected chi connectivity index (χ4v) is 4.56. The van der Waals surface area contributed by atoms with Crippen molar-refractivity contribution in [3.05, 3.63) is 96.3 Å². The number of nitrogens with zero attached hydrogens (tertiary/aromatic N) is 3. The normalized spacial score (nSPS) is 10.7. The van der Waals surface area contributed by atoms with Crippen molar-refractivity contribution in [3.8, 4) is 17.2 Å². The number of urea groups is 2. The summed E-state index contributed by atoms with van der Waals surface area (Å²) in [6, 6.07) is 22.9. The topological polar surface area (TPSA) is 161 Å². The molecule has 236 valence electrons. The highest BCUT2D eigenvalue weighted by molar-refractivity contribution is 6.07. The number of aryl methyl sites for hydroxylation is 2. The number of benzene rings is 3. The van der Waals surface area contributed by atoms with Gasteiger partial charge in [0.1, 0.15) is 23.1 Å². The third kappa shape index (κ3) is 8.15. The highest BCUT2D eigenvalue weighted by Gasteiger charge is 2.14. The number of methoxy groups -OCH3 is 1. The monoisotopic (exact) mass is 622 g/mol. The van der Waals surface area contributed by atoms with Crippen LogP contribution in [0.4, 0.5) is 26.9 Å². The Bertz CT molecular complexity index is 1860. The minimum absolute atomic E-state index is 0.202. The Hall–Kier alpha value is -5.95. The van der Waals surface area contributed by atoms with Crippen molar-refractivity contribution in [1.82, 2.24) is 25.4 Å². The van der Waals surface area contributed by atoms with E-state index in [1.807, 2.05) is 62.4 Å². The molecule has 0 atom stereocenters. The molecule has 3 aromatic carbocycles. The Balaban J connectivity index is 1.25. The number of amides is 5. The van der Waals surface area contributed by atoms with Gasteiger partial charge in [-0.1, -0.05) is 42.0 Å². The molecule has 0 saturated heterocycles. The molecular formula is C33H34N8O5. The standard InChI is InChI=1S/C33H34N8O5/c1-21-8-10-23(11-9-21)41-30(18-22(2)40-41)39-33(44)37-27-12-13-28(26-7-5-4-6-25(26)27)46-24-14-15-34-29(19-24)38-32(43)36-20-31(42)35-16-17-45-3/h4-15,18-19H,16-17,20H2,1-3H3,(H,35,42)(H2,37,39,44)(H2,34,36,38,43). The van der Waals surface area contributed by atoms with Crippen LogP contribution in [0.15, 0.2) is 85.1 Å². The van der Waals surface area contributed by atoms with Crippen molar-refractivity contribution in [2.75, 3.05) is 42.8 Å². The lowest BCUT2D eigenvalue weighted by atomic mass is 10.1. The average Bonchev–Trinajstić information content (AvgIpc) is 3.41. The number of nitrogens with one attached hydrogen (secondary N) is 5. The Morgan fingerprint density at radius 1 is 0.826 bits per heavy atom. The van der Waals surface area contributed by atoms with Crippen molar-refractivity contribution in [1.29, 1.82) is 0 Å². The molecule has 0 radical (unpaired) electrons. The van der Waals surface area contributed by atoms with E-state index in [1.54, 1.807) is 35.0 Å². The molecule has 0 unspecified atom stereocenters.